The number of hydrogen-bond donors (Lipinski definition) is 1. The molecule has 0 aliphatic heterocycles. The number of pyridine rings is 1. The minimum atomic E-state index is -0.479. The zero-order valence-electron chi connectivity index (χ0n) is 12.1. The van der Waals surface area contributed by atoms with Crippen LogP contribution in [0.3, 0.4) is 0 Å². The van der Waals surface area contributed by atoms with Gasteiger partial charge in [-0.05, 0) is 58.1 Å². The number of aromatic nitrogens is 1. The fraction of sp³-hybridized carbons (Fsp3) is 0.600. The molecule has 1 saturated carbocycles. The van der Waals surface area contributed by atoms with E-state index in [4.69, 9.17) is 4.74 Å². The van der Waals surface area contributed by atoms with E-state index in [0.29, 0.717) is 5.92 Å². The summed E-state index contributed by atoms with van der Waals surface area (Å²) in [6.07, 6.45) is 4.05. The molecule has 1 fully saturated rings. The molecule has 1 N–H and O–H groups in total. The van der Waals surface area contributed by atoms with Gasteiger partial charge in [0.25, 0.3) is 0 Å². The van der Waals surface area contributed by atoms with E-state index < -0.39 is 11.7 Å². The molecule has 4 heteroatoms. The van der Waals surface area contributed by atoms with Crippen molar-refractivity contribution in [3.8, 4) is 0 Å². The summed E-state index contributed by atoms with van der Waals surface area (Å²) in [7, 11) is 0. The summed E-state index contributed by atoms with van der Waals surface area (Å²) in [6.45, 7) is 7.45. The Morgan fingerprint density at radius 2 is 2.11 bits per heavy atom. The summed E-state index contributed by atoms with van der Waals surface area (Å²) in [5, 5.41) is 2.79. The van der Waals surface area contributed by atoms with Crippen LogP contribution in [0.2, 0.25) is 0 Å². The van der Waals surface area contributed by atoms with Crippen LogP contribution in [0.15, 0.2) is 18.3 Å². The van der Waals surface area contributed by atoms with E-state index >= 15 is 0 Å². The predicted octanol–water partition coefficient (Wildman–Crippen LogP) is 3.54. The standard InChI is InChI=1S/C15H22N2O2/c1-10(17-14(18)19-15(2,3)4)13-8-7-12(9-16-13)11-5-6-11/h7-11H,5-6H2,1-4H3,(H,17,18)/t10-/m0/s1. The fourth-order valence-corrected chi connectivity index (χ4v) is 1.89. The van der Waals surface area contributed by atoms with Crippen LogP contribution in [0.1, 0.15) is 63.8 Å². The Kier molecular flexibility index (Phi) is 3.78. The molecule has 0 radical (unpaired) electrons. The van der Waals surface area contributed by atoms with Gasteiger partial charge in [0.1, 0.15) is 5.60 Å². The number of amides is 1. The maximum absolute atomic E-state index is 11.7. The molecule has 1 aromatic heterocycles. The quantitative estimate of drug-likeness (QED) is 0.906. The first-order valence-electron chi connectivity index (χ1n) is 6.80. The van der Waals surface area contributed by atoms with Gasteiger partial charge in [0, 0.05) is 6.20 Å². The molecule has 1 atom stereocenters. The molecule has 104 valence electrons. The number of carbonyl (C=O) groups is 1. The van der Waals surface area contributed by atoms with E-state index in [1.54, 1.807) is 0 Å². The largest absolute Gasteiger partial charge is 0.444 e. The molecule has 0 saturated heterocycles. The molecule has 2 rings (SSSR count). The van der Waals surface area contributed by atoms with Crippen LogP contribution in [0, 0.1) is 0 Å². The maximum Gasteiger partial charge on any atom is 0.408 e. The number of nitrogens with zero attached hydrogens (tertiary/aromatic N) is 1. The molecule has 1 aromatic rings. The van der Waals surface area contributed by atoms with Crippen LogP contribution in [-0.4, -0.2) is 16.7 Å². The van der Waals surface area contributed by atoms with Crippen LogP contribution in [0.4, 0.5) is 4.79 Å². The molecule has 0 bridgehead atoms. The highest BCUT2D eigenvalue weighted by atomic mass is 16.6. The van der Waals surface area contributed by atoms with Gasteiger partial charge in [-0.1, -0.05) is 6.07 Å². The van der Waals surface area contributed by atoms with Crippen LogP contribution in [0.5, 0.6) is 0 Å². The van der Waals surface area contributed by atoms with Crippen molar-refractivity contribution in [2.45, 2.75) is 58.1 Å². The van der Waals surface area contributed by atoms with Gasteiger partial charge in [-0.2, -0.15) is 0 Å². The van der Waals surface area contributed by atoms with Gasteiger partial charge in [0.2, 0.25) is 0 Å². The molecule has 1 amide bonds. The summed E-state index contributed by atoms with van der Waals surface area (Å²) in [5.41, 5.74) is 1.68. The molecular weight excluding hydrogens is 240 g/mol. The SMILES string of the molecule is C[C@H](NC(=O)OC(C)(C)C)c1ccc(C2CC2)cn1. The van der Waals surface area contributed by atoms with Crippen molar-refractivity contribution in [2.24, 2.45) is 0 Å². The van der Waals surface area contributed by atoms with Gasteiger partial charge >= 0.3 is 6.09 Å². The lowest BCUT2D eigenvalue weighted by Crippen LogP contribution is -2.34. The zero-order valence-corrected chi connectivity index (χ0v) is 12.1. The predicted molar refractivity (Wildman–Crippen MR) is 74.0 cm³/mol. The highest BCUT2D eigenvalue weighted by molar-refractivity contribution is 5.68. The Morgan fingerprint density at radius 3 is 2.58 bits per heavy atom. The van der Waals surface area contributed by atoms with Crippen LogP contribution >= 0.6 is 0 Å². The smallest absolute Gasteiger partial charge is 0.408 e. The van der Waals surface area contributed by atoms with Crippen molar-refractivity contribution in [1.82, 2.24) is 10.3 Å². The molecule has 4 nitrogen and oxygen atoms in total. The average Bonchev–Trinajstić information content (AvgIpc) is 3.10. The Labute approximate surface area is 114 Å². The van der Waals surface area contributed by atoms with Crippen molar-refractivity contribution >= 4 is 6.09 Å². The van der Waals surface area contributed by atoms with Crippen LogP contribution in [0.25, 0.3) is 0 Å². The van der Waals surface area contributed by atoms with Gasteiger partial charge in [0.15, 0.2) is 0 Å². The summed E-state index contributed by atoms with van der Waals surface area (Å²) in [6, 6.07) is 3.94. The molecule has 0 spiro atoms. The minimum Gasteiger partial charge on any atom is -0.444 e. The Balaban J connectivity index is 1.91. The van der Waals surface area contributed by atoms with Crippen LogP contribution in [-0.2, 0) is 4.74 Å². The molecule has 0 aromatic carbocycles. The number of rotatable bonds is 3. The van der Waals surface area contributed by atoms with Gasteiger partial charge in [-0.3, -0.25) is 4.98 Å². The monoisotopic (exact) mass is 262 g/mol. The summed E-state index contributed by atoms with van der Waals surface area (Å²) >= 11 is 0. The molecule has 1 aliphatic rings. The number of carbonyl (C=O) groups excluding carboxylic acids is 1. The molecular formula is C15H22N2O2. The third-order valence-electron chi connectivity index (χ3n) is 3.03. The lowest BCUT2D eigenvalue weighted by Gasteiger charge is -2.21. The third-order valence-corrected chi connectivity index (χ3v) is 3.03. The average molecular weight is 262 g/mol. The van der Waals surface area contributed by atoms with Crippen molar-refractivity contribution in [3.05, 3.63) is 29.6 Å². The highest BCUT2D eigenvalue weighted by Crippen LogP contribution is 2.39. The fourth-order valence-electron chi connectivity index (χ4n) is 1.89. The second-order valence-electron chi connectivity index (χ2n) is 6.16. The van der Waals surface area contributed by atoms with E-state index in [2.05, 4.69) is 16.4 Å². The van der Waals surface area contributed by atoms with Gasteiger partial charge in [-0.15, -0.1) is 0 Å². The lowest BCUT2D eigenvalue weighted by molar-refractivity contribution is 0.0507. The van der Waals surface area contributed by atoms with Crippen molar-refractivity contribution in [3.63, 3.8) is 0 Å². The molecule has 19 heavy (non-hydrogen) atoms. The summed E-state index contributed by atoms with van der Waals surface area (Å²) in [5.74, 6) is 0.704. The van der Waals surface area contributed by atoms with Crippen molar-refractivity contribution in [1.29, 1.82) is 0 Å². The number of ether oxygens (including phenoxy) is 1. The second-order valence-corrected chi connectivity index (χ2v) is 6.16. The first-order chi connectivity index (χ1) is 8.85. The lowest BCUT2D eigenvalue weighted by atomic mass is 10.1. The third kappa shape index (κ3) is 4.23. The first-order valence-corrected chi connectivity index (χ1v) is 6.80. The number of hydrogen-bond acceptors (Lipinski definition) is 3. The number of alkyl carbamates (subject to hydrolysis) is 1. The van der Waals surface area contributed by atoms with Crippen LogP contribution < -0.4 is 5.32 Å². The Morgan fingerprint density at radius 1 is 1.42 bits per heavy atom. The minimum absolute atomic E-state index is 0.150. The van der Waals surface area contributed by atoms with E-state index in [-0.39, 0.29) is 6.04 Å². The van der Waals surface area contributed by atoms with Gasteiger partial charge in [-0.25, -0.2) is 4.79 Å². The maximum atomic E-state index is 11.7. The molecule has 1 heterocycles. The Bertz CT molecular complexity index is 444. The van der Waals surface area contributed by atoms with E-state index in [9.17, 15) is 4.79 Å². The van der Waals surface area contributed by atoms with E-state index in [1.807, 2.05) is 40.0 Å². The molecule has 0 unspecified atom stereocenters. The summed E-state index contributed by atoms with van der Waals surface area (Å²) in [4.78, 5) is 16.1. The topological polar surface area (TPSA) is 51.2 Å². The Hall–Kier alpha value is -1.58. The molecule has 1 aliphatic carbocycles. The van der Waals surface area contributed by atoms with Crippen molar-refractivity contribution < 1.29 is 9.53 Å². The van der Waals surface area contributed by atoms with Crippen molar-refractivity contribution in [2.75, 3.05) is 0 Å². The number of nitrogens with one attached hydrogen (secondary N) is 1. The van der Waals surface area contributed by atoms with Gasteiger partial charge < -0.3 is 10.1 Å². The normalized spacial score (nSPS) is 16.8. The second kappa shape index (κ2) is 5.19. The van der Waals surface area contributed by atoms with E-state index in [0.717, 1.165) is 5.69 Å². The highest BCUT2D eigenvalue weighted by Gasteiger charge is 2.24. The first kappa shape index (κ1) is 13.8. The van der Waals surface area contributed by atoms with Gasteiger partial charge in [0.05, 0.1) is 11.7 Å². The summed E-state index contributed by atoms with van der Waals surface area (Å²) < 4.78 is 5.22. The zero-order chi connectivity index (χ0) is 14.0. The van der Waals surface area contributed by atoms with E-state index in [1.165, 1.54) is 18.4 Å².